The maximum atomic E-state index is 8.99. The van der Waals surface area contributed by atoms with Gasteiger partial charge >= 0.3 is 0 Å². The van der Waals surface area contributed by atoms with E-state index in [-0.39, 0.29) is 0 Å². The molecule has 0 atom stereocenters. The van der Waals surface area contributed by atoms with E-state index in [1.807, 2.05) is 12.1 Å². The van der Waals surface area contributed by atoms with Gasteiger partial charge in [-0.2, -0.15) is 5.26 Å². The molecule has 0 heterocycles. The Kier molecular flexibility index (Phi) is 3.15. The topological polar surface area (TPSA) is 47.6 Å². The van der Waals surface area contributed by atoms with Crippen LogP contribution < -0.4 is 0 Å². The molecule has 0 aromatic heterocycles. The third kappa shape index (κ3) is 2.00. The van der Waals surface area contributed by atoms with Gasteiger partial charge in [-0.05, 0) is 44.0 Å². The number of allylic oxidation sites excluding steroid dienone is 3. The Morgan fingerprint density at radius 1 is 0.917 bits per heavy atom. The first-order valence-corrected chi connectivity index (χ1v) is 7.71. The van der Waals surface area contributed by atoms with Crippen molar-refractivity contribution >= 4 is 44.1 Å². The Hall–Kier alpha value is -3.44. The Balaban J connectivity index is 2.15. The van der Waals surface area contributed by atoms with Gasteiger partial charge in [-0.15, -0.1) is 0 Å². The molecule has 0 unspecified atom stereocenters. The summed E-state index contributed by atoms with van der Waals surface area (Å²) in [7, 11) is 0. The van der Waals surface area contributed by atoms with Gasteiger partial charge in [0.2, 0.25) is 0 Å². The van der Waals surface area contributed by atoms with Crippen LogP contribution in [0.4, 0.5) is 0 Å². The van der Waals surface area contributed by atoms with Crippen molar-refractivity contribution in [3.63, 3.8) is 0 Å². The van der Waals surface area contributed by atoms with Crippen LogP contribution in [-0.2, 0) is 0 Å². The first kappa shape index (κ1) is 14.2. The molecule has 1 N–H and O–H groups in total. The zero-order valence-corrected chi connectivity index (χ0v) is 13.0. The minimum absolute atomic E-state index is 0.346. The SMILES string of the molecule is C=C(C#N)/C=C(\C=N)c1ccc2ccc3cccc4ccc1c2c34. The summed E-state index contributed by atoms with van der Waals surface area (Å²) in [5, 5.41) is 23.9. The molecule has 0 aliphatic carbocycles. The molecule has 0 spiro atoms. The van der Waals surface area contributed by atoms with Gasteiger partial charge in [-0.1, -0.05) is 61.2 Å². The molecule has 0 fully saturated rings. The van der Waals surface area contributed by atoms with E-state index in [9.17, 15) is 0 Å². The van der Waals surface area contributed by atoms with E-state index in [4.69, 9.17) is 10.7 Å². The standard InChI is InChI=1S/C22H14N2/c1-14(12-23)11-18(13-24)19-9-7-17-6-5-15-3-2-4-16-8-10-20(19)22(17)21(15)16/h2-11,13,24H,1H2/b18-11+,24-13?. The van der Waals surface area contributed by atoms with Crippen molar-refractivity contribution < 1.29 is 0 Å². The lowest BCUT2D eigenvalue weighted by Crippen LogP contribution is -1.91. The number of benzene rings is 4. The molecule has 4 aromatic carbocycles. The van der Waals surface area contributed by atoms with Crippen LogP contribution in [0.2, 0.25) is 0 Å². The molecule has 0 amide bonds. The van der Waals surface area contributed by atoms with Crippen LogP contribution in [0.3, 0.4) is 0 Å². The molecule has 0 radical (unpaired) electrons. The molecule has 0 saturated heterocycles. The Morgan fingerprint density at radius 3 is 2.21 bits per heavy atom. The highest BCUT2D eigenvalue weighted by Gasteiger charge is 2.12. The molecule has 0 saturated carbocycles. The van der Waals surface area contributed by atoms with Gasteiger partial charge < -0.3 is 5.41 Å². The Labute approximate surface area is 139 Å². The van der Waals surface area contributed by atoms with E-state index in [2.05, 4.69) is 55.1 Å². The van der Waals surface area contributed by atoms with Crippen molar-refractivity contribution in [2.24, 2.45) is 0 Å². The summed E-state index contributed by atoms with van der Waals surface area (Å²) in [4.78, 5) is 0. The fraction of sp³-hybridized carbons (Fsp3) is 0. The molecular formula is C22H14N2. The highest BCUT2D eigenvalue weighted by molar-refractivity contribution is 6.26. The average molecular weight is 306 g/mol. The number of rotatable bonds is 3. The van der Waals surface area contributed by atoms with E-state index < -0.39 is 0 Å². The van der Waals surface area contributed by atoms with Crippen molar-refractivity contribution in [1.82, 2.24) is 0 Å². The zero-order chi connectivity index (χ0) is 16.7. The maximum absolute atomic E-state index is 8.99. The molecule has 4 aromatic rings. The van der Waals surface area contributed by atoms with Crippen LogP contribution >= 0.6 is 0 Å². The van der Waals surface area contributed by atoms with Crippen LogP contribution in [0.25, 0.3) is 37.9 Å². The monoisotopic (exact) mass is 306 g/mol. The van der Waals surface area contributed by atoms with Crippen molar-refractivity contribution in [1.29, 1.82) is 10.7 Å². The average Bonchev–Trinajstić information content (AvgIpc) is 2.64. The van der Waals surface area contributed by atoms with E-state index >= 15 is 0 Å². The maximum Gasteiger partial charge on any atom is 0.0985 e. The second kappa shape index (κ2) is 5.33. The summed E-state index contributed by atoms with van der Waals surface area (Å²) in [6, 6.07) is 20.9. The van der Waals surface area contributed by atoms with Crippen LogP contribution in [0, 0.1) is 16.7 Å². The summed E-state index contributed by atoms with van der Waals surface area (Å²) < 4.78 is 0. The molecule has 2 heteroatoms. The smallest absolute Gasteiger partial charge is 0.0985 e. The van der Waals surface area contributed by atoms with Gasteiger partial charge in [0, 0.05) is 17.4 Å². The molecule has 4 rings (SSSR count). The van der Waals surface area contributed by atoms with Crippen LogP contribution in [-0.4, -0.2) is 6.21 Å². The zero-order valence-electron chi connectivity index (χ0n) is 13.0. The number of nitrogens with one attached hydrogen (secondary N) is 1. The highest BCUT2D eigenvalue weighted by Crippen LogP contribution is 2.37. The van der Waals surface area contributed by atoms with Gasteiger partial charge in [0.1, 0.15) is 0 Å². The Morgan fingerprint density at radius 2 is 1.54 bits per heavy atom. The van der Waals surface area contributed by atoms with Crippen LogP contribution in [0.15, 0.2) is 72.8 Å². The van der Waals surface area contributed by atoms with E-state index in [1.165, 1.54) is 33.1 Å². The third-order valence-electron chi connectivity index (χ3n) is 4.47. The Bertz CT molecular complexity index is 1170. The predicted molar refractivity (Wildman–Crippen MR) is 102 cm³/mol. The molecule has 24 heavy (non-hydrogen) atoms. The second-order valence-electron chi connectivity index (χ2n) is 5.85. The van der Waals surface area contributed by atoms with Gasteiger partial charge in [-0.3, -0.25) is 0 Å². The normalized spacial score (nSPS) is 11.9. The molecule has 0 aliphatic heterocycles. The van der Waals surface area contributed by atoms with Gasteiger partial charge in [-0.25, -0.2) is 0 Å². The second-order valence-corrected chi connectivity index (χ2v) is 5.85. The lowest BCUT2D eigenvalue weighted by Gasteiger charge is -2.14. The summed E-state index contributed by atoms with van der Waals surface area (Å²) in [5.41, 5.74) is 1.99. The van der Waals surface area contributed by atoms with Crippen molar-refractivity contribution in [2.75, 3.05) is 0 Å². The lowest BCUT2D eigenvalue weighted by molar-refractivity contribution is 1.50. The lowest BCUT2D eigenvalue weighted by atomic mass is 9.89. The third-order valence-corrected chi connectivity index (χ3v) is 4.47. The summed E-state index contributed by atoms with van der Waals surface area (Å²) in [6.45, 7) is 3.71. The summed E-state index contributed by atoms with van der Waals surface area (Å²) in [5.74, 6) is 0. The van der Waals surface area contributed by atoms with Gasteiger partial charge in [0.05, 0.1) is 6.07 Å². The first-order chi connectivity index (χ1) is 11.7. The minimum Gasteiger partial charge on any atom is -0.308 e. The summed E-state index contributed by atoms with van der Waals surface area (Å²) >= 11 is 0. The molecule has 2 nitrogen and oxygen atoms in total. The van der Waals surface area contributed by atoms with Crippen LogP contribution in [0.5, 0.6) is 0 Å². The van der Waals surface area contributed by atoms with Crippen molar-refractivity contribution in [3.8, 4) is 6.07 Å². The first-order valence-electron chi connectivity index (χ1n) is 7.71. The molecule has 0 bridgehead atoms. The van der Waals surface area contributed by atoms with E-state index in [0.29, 0.717) is 11.1 Å². The van der Waals surface area contributed by atoms with Crippen LogP contribution in [0.1, 0.15) is 5.56 Å². The highest BCUT2D eigenvalue weighted by atomic mass is 14.3. The fourth-order valence-electron chi connectivity index (χ4n) is 3.40. The van der Waals surface area contributed by atoms with Gasteiger partial charge in [0.25, 0.3) is 0 Å². The predicted octanol–water partition coefficient (Wildman–Crippen LogP) is 5.70. The molecular weight excluding hydrogens is 292 g/mol. The largest absolute Gasteiger partial charge is 0.308 e. The molecule has 112 valence electrons. The van der Waals surface area contributed by atoms with Gasteiger partial charge in [0.15, 0.2) is 0 Å². The fourth-order valence-corrected chi connectivity index (χ4v) is 3.40. The minimum atomic E-state index is 0.346. The number of nitriles is 1. The van der Waals surface area contributed by atoms with E-state index in [1.54, 1.807) is 6.08 Å². The molecule has 0 aliphatic rings. The summed E-state index contributed by atoms with van der Waals surface area (Å²) in [6.07, 6.45) is 2.95. The number of nitrogens with zero attached hydrogens (tertiary/aromatic N) is 1. The van der Waals surface area contributed by atoms with Crippen molar-refractivity contribution in [3.05, 3.63) is 78.4 Å². The quantitative estimate of drug-likeness (QED) is 0.224. The number of hydrogen-bond acceptors (Lipinski definition) is 2. The number of hydrogen-bond donors (Lipinski definition) is 1. The van der Waals surface area contributed by atoms with Crippen molar-refractivity contribution in [2.45, 2.75) is 0 Å². The van der Waals surface area contributed by atoms with E-state index in [0.717, 1.165) is 10.9 Å².